The van der Waals surface area contributed by atoms with E-state index in [1.807, 2.05) is 0 Å². The summed E-state index contributed by atoms with van der Waals surface area (Å²) in [6.07, 6.45) is 0.243. The second-order valence-electron chi connectivity index (χ2n) is 8.21. The van der Waals surface area contributed by atoms with E-state index in [1.165, 1.54) is 0 Å². The Hall–Kier alpha value is -4.19. The molecule has 0 aromatic heterocycles. The maximum absolute atomic E-state index is 13.0. The van der Waals surface area contributed by atoms with Crippen molar-refractivity contribution in [2.45, 2.75) is 62.7 Å². The standard InChI is InChI=1S/C20H39N11O7/c21-10(3-1-7-27-19(23)24)15(34)29-12(5-6-14(22)33)17(36)30-11(4-2-8-28-20(25)26)16(35)31-13(9-32)18(37)38/h10-13,32H,1-9,21H2,(H2,22,33)(H,29,34)(H,30,36)(H,31,35)(H,37,38)(H4,23,24,27)(H4,25,26,28). The summed E-state index contributed by atoms with van der Waals surface area (Å²) in [4.78, 5) is 68.3. The van der Waals surface area contributed by atoms with Gasteiger partial charge in [-0.25, -0.2) is 4.79 Å². The highest BCUT2D eigenvalue weighted by atomic mass is 16.4. The van der Waals surface area contributed by atoms with Gasteiger partial charge in [0.1, 0.15) is 18.1 Å². The topological polar surface area (TPSA) is 343 Å². The number of nitrogens with one attached hydrogen (secondary N) is 3. The molecule has 4 atom stereocenters. The van der Waals surface area contributed by atoms with Crippen LogP contribution in [0.25, 0.3) is 0 Å². The molecular formula is C20H39N11O7. The number of aliphatic hydroxyl groups excluding tert-OH is 1. The third kappa shape index (κ3) is 15.0. The van der Waals surface area contributed by atoms with E-state index in [1.54, 1.807) is 0 Å². The Labute approximate surface area is 219 Å². The van der Waals surface area contributed by atoms with Gasteiger partial charge in [0.15, 0.2) is 11.9 Å². The summed E-state index contributed by atoms with van der Waals surface area (Å²) in [7, 11) is 0. The van der Waals surface area contributed by atoms with Crippen LogP contribution in [0.5, 0.6) is 0 Å². The molecule has 0 aromatic rings. The van der Waals surface area contributed by atoms with Crippen LogP contribution in [0.4, 0.5) is 0 Å². The van der Waals surface area contributed by atoms with Crippen molar-refractivity contribution in [3.63, 3.8) is 0 Å². The summed E-state index contributed by atoms with van der Waals surface area (Å²) in [6.45, 7) is -0.564. The van der Waals surface area contributed by atoms with Crippen LogP contribution in [-0.2, 0) is 24.0 Å². The first-order valence-corrected chi connectivity index (χ1v) is 11.7. The molecule has 0 fully saturated rings. The smallest absolute Gasteiger partial charge is 0.328 e. The number of amides is 4. The van der Waals surface area contributed by atoms with E-state index in [0.717, 1.165) is 0 Å². The van der Waals surface area contributed by atoms with Crippen LogP contribution in [-0.4, -0.2) is 95.6 Å². The molecule has 216 valence electrons. The van der Waals surface area contributed by atoms with Crippen molar-refractivity contribution in [1.29, 1.82) is 0 Å². The lowest BCUT2D eigenvalue weighted by atomic mass is 10.1. The number of carbonyl (C=O) groups excluding carboxylic acids is 4. The largest absolute Gasteiger partial charge is 0.480 e. The minimum absolute atomic E-state index is 0.0348. The molecule has 0 aliphatic heterocycles. The molecule has 0 saturated carbocycles. The van der Waals surface area contributed by atoms with Crippen LogP contribution in [0.2, 0.25) is 0 Å². The van der Waals surface area contributed by atoms with Gasteiger partial charge in [0.05, 0.1) is 12.6 Å². The Morgan fingerprint density at radius 3 is 1.58 bits per heavy atom. The molecule has 4 amide bonds. The molecule has 18 nitrogen and oxygen atoms in total. The average molecular weight is 546 g/mol. The number of aliphatic hydroxyl groups is 1. The second-order valence-corrected chi connectivity index (χ2v) is 8.21. The third-order valence-electron chi connectivity index (χ3n) is 4.99. The van der Waals surface area contributed by atoms with Crippen LogP contribution >= 0.6 is 0 Å². The fourth-order valence-corrected chi connectivity index (χ4v) is 2.99. The van der Waals surface area contributed by atoms with Crippen molar-refractivity contribution >= 4 is 41.5 Å². The number of primary amides is 1. The van der Waals surface area contributed by atoms with Gasteiger partial charge in [-0.2, -0.15) is 0 Å². The third-order valence-corrected chi connectivity index (χ3v) is 4.99. The number of hydrogen-bond donors (Lipinski definition) is 11. The molecule has 0 saturated heterocycles. The van der Waals surface area contributed by atoms with E-state index in [0.29, 0.717) is 6.42 Å². The van der Waals surface area contributed by atoms with E-state index in [4.69, 9.17) is 39.5 Å². The van der Waals surface area contributed by atoms with Crippen molar-refractivity contribution in [2.24, 2.45) is 44.4 Å². The van der Waals surface area contributed by atoms with E-state index in [2.05, 4.69) is 25.9 Å². The molecule has 17 N–H and O–H groups in total. The molecule has 38 heavy (non-hydrogen) atoms. The van der Waals surface area contributed by atoms with E-state index in [-0.39, 0.29) is 57.1 Å². The normalized spacial score (nSPS) is 13.6. The summed E-state index contributed by atoms with van der Waals surface area (Å²) in [6, 6.07) is -5.26. The number of hydrogen-bond acceptors (Lipinski definition) is 9. The fourth-order valence-electron chi connectivity index (χ4n) is 2.99. The number of carboxylic acid groups (broad SMARTS) is 1. The number of nitrogens with two attached hydrogens (primary N) is 6. The number of carbonyl (C=O) groups is 5. The highest BCUT2D eigenvalue weighted by Crippen LogP contribution is 2.05. The Morgan fingerprint density at radius 2 is 1.13 bits per heavy atom. The monoisotopic (exact) mass is 545 g/mol. The highest BCUT2D eigenvalue weighted by Gasteiger charge is 2.30. The molecule has 18 heteroatoms. The number of nitrogens with zero attached hydrogens (tertiary/aromatic N) is 2. The van der Waals surface area contributed by atoms with Gasteiger partial charge in [0.25, 0.3) is 0 Å². The van der Waals surface area contributed by atoms with Crippen molar-refractivity contribution in [3.05, 3.63) is 0 Å². The number of rotatable bonds is 19. The summed E-state index contributed by atoms with van der Waals surface area (Å²) < 4.78 is 0. The average Bonchev–Trinajstić information content (AvgIpc) is 2.83. The molecule has 0 aliphatic carbocycles. The van der Waals surface area contributed by atoms with E-state index >= 15 is 0 Å². The first-order valence-electron chi connectivity index (χ1n) is 11.7. The van der Waals surface area contributed by atoms with Gasteiger partial charge >= 0.3 is 5.97 Å². The van der Waals surface area contributed by atoms with E-state index in [9.17, 15) is 29.1 Å². The summed E-state index contributed by atoms with van der Waals surface area (Å²) in [5, 5.41) is 25.2. The lowest BCUT2D eigenvalue weighted by Crippen LogP contribution is -2.57. The summed E-state index contributed by atoms with van der Waals surface area (Å²) in [5.41, 5.74) is 32.0. The van der Waals surface area contributed by atoms with Crippen LogP contribution < -0.4 is 50.4 Å². The van der Waals surface area contributed by atoms with Gasteiger partial charge < -0.3 is 60.6 Å². The first kappa shape index (κ1) is 33.8. The SMILES string of the molecule is NC(=O)CCC(NC(=O)C(N)CCCN=C(N)N)C(=O)NC(CCCN=C(N)N)C(=O)NC(CO)C(=O)O. The zero-order chi connectivity index (χ0) is 29.3. The highest BCUT2D eigenvalue weighted by molar-refractivity contribution is 5.94. The predicted molar refractivity (Wildman–Crippen MR) is 137 cm³/mol. The van der Waals surface area contributed by atoms with Gasteiger partial charge in [0.2, 0.25) is 23.6 Å². The van der Waals surface area contributed by atoms with Gasteiger partial charge in [-0.3, -0.25) is 29.2 Å². The molecule has 0 heterocycles. The molecule has 0 rings (SSSR count). The van der Waals surface area contributed by atoms with Crippen molar-refractivity contribution in [2.75, 3.05) is 19.7 Å². The molecule has 0 aliphatic rings. The molecule has 0 bridgehead atoms. The van der Waals surface area contributed by atoms with E-state index < -0.39 is 60.4 Å². The Bertz CT molecular complexity index is 873. The van der Waals surface area contributed by atoms with Crippen LogP contribution in [0.15, 0.2) is 9.98 Å². The van der Waals surface area contributed by atoms with Crippen LogP contribution in [0.1, 0.15) is 38.5 Å². The maximum Gasteiger partial charge on any atom is 0.328 e. The van der Waals surface area contributed by atoms with Crippen molar-refractivity contribution in [1.82, 2.24) is 16.0 Å². The minimum Gasteiger partial charge on any atom is -0.480 e. The van der Waals surface area contributed by atoms with Gasteiger partial charge in [-0.1, -0.05) is 0 Å². The second kappa shape index (κ2) is 18.1. The molecule has 4 unspecified atom stereocenters. The predicted octanol–water partition coefficient (Wildman–Crippen LogP) is -5.78. The number of carboxylic acids is 1. The summed E-state index contributed by atoms with van der Waals surface area (Å²) in [5.74, 6) is -5.02. The Morgan fingerprint density at radius 1 is 0.684 bits per heavy atom. The minimum atomic E-state index is -1.62. The van der Waals surface area contributed by atoms with Crippen molar-refractivity contribution < 1.29 is 34.2 Å². The van der Waals surface area contributed by atoms with Crippen LogP contribution in [0.3, 0.4) is 0 Å². The lowest BCUT2D eigenvalue weighted by Gasteiger charge is -2.25. The summed E-state index contributed by atoms with van der Waals surface area (Å²) >= 11 is 0. The molecular weight excluding hydrogens is 506 g/mol. The van der Waals surface area contributed by atoms with Crippen LogP contribution in [0, 0.1) is 0 Å². The zero-order valence-corrected chi connectivity index (χ0v) is 21.0. The van der Waals surface area contributed by atoms with Crippen molar-refractivity contribution in [3.8, 4) is 0 Å². The zero-order valence-electron chi connectivity index (χ0n) is 21.0. The Kier molecular flexibility index (Phi) is 16.1. The number of aliphatic imine (C=N–C) groups is 2. The molecule has 0 spiro atoms. The number of aliphatic carboxylic acids is 1. The lowest BCUT2D eigenvalue weighted by molar-refractivity contribution is -0.143. The fraction of sp³-hybridized carbons (Fsp3) is 0.650. The van der Waals surface area contributed by atoms with Gasteiger partial charge in [-0.05, 0) is 32.1 Å². The maximum atomic E-state index is 13.0. The number of guanidine groups is 2. The van der Waals surface area contributed by atoms with Gasteiger partial charge in [0, 0.05) is 19.5 Å². The molecule has 0 aromatic carbocycles. The molecule has 0 radical (unpaired) electrons. The quantitative estimate of drug-likeness (QED) is 0.0410. The van der Waals surface area contributed by atoms with Gasteiger partial charge in [-0.15, -0.1) is 0 Å². The first-order chi connectivity index (χ1) is 17.8. The Balaban J connectivity index is 5.53.